The van der Waals surface area contributed by atoms with Crippen LogP contribution in [0.3, 0.4) is 0 Å². The van der Waals surface area contributed by atoms with E-state index in [2.05, 4.69) is 0 Å². The average Bonchev–Trinajstić information content (AvgIpc) is 2.40. The second-order valence-corrected chi connectivity index (χ2v) is 5.38. The summed E-state index contributed by atoms with van der Waals surface area (Å²) in [6, 6.07) is 5.36. The largest absolute Gasteiger partial charge is 0.389 e. The summed E-state index contributed by atoms with van der Waals surface area (Å²) in [5.41, 5.74) is 0.846. The van der Waals surface area contributed by atoms with Gasteiger partial charge in [0.05, 0.1) is 22.8 Å². The number of carbonyl (C=O) groups excluding carboxylic acids is 1. The number of ether oxygens (including phenoxy) is 1. The third-order valence-corrected chi connectivity index (χ3v) is 3.77. The highest BCUT2D eigenvalue weighted by molar-refractivity contribution is 6.42. The number of halogens is 2. The first-order valence-corrected chi connectivity index (χ1v) is 7.05. The number of aliphatic hydroxyl groups excluding tert-OH is 1. The molecule has 1 atom stereocenters. The molecule has 1 rings (SSSR count). The Labute approximate surface area is 129 Å². The Kier molecular flexibility index (Phi) is 7.30. The van der Waals surface area contributed by atoms with Crippen LogP contribution in [0.25, 0.3) is 0 Å². The van der Waals surface area contributed by atoms with Crippen LogP contribution in [0.1, 0.15) is 12.0 Å². The van der Waals surface area contributed by atoms with Crippen molar-refractivity contribution in [2.75, 3.05) is 27.3 Å². The number of hydrogen-bond donors (Lipinski definition) is 1. The smallest absolute Gasteiger partial charge is 0.222 e. The fourth-order valence-corrected chi connectivity index (χ4v) is 2.25. The van der Waals surface area contributed by atoms with Crippen LogP contribution in [0.2, 0.25) is 10.0 Å². The number of hydrogen-bond acceptors (Lipinski definition) is 3. The van der Waals surface area contributed by atoms with Gasteiger partial charge in [0.2, 0.25) is 5.91 Å². The van der Waals surface area contributed by atoms with Crippen molar-refractivity contribution in [3.63, 3.8) is 0 Å². The Bertz CT molecular complexity index is 454. The Balaban J connectivity index is 2.48. The van der Waals surface area contributed by atoms with Crippen LogP contribution in [0.4, 0.5) is 0 Å². The van der Waals surface area contributed by atoms with Crippen LogP contribution < -0.4 is 0 Å². The quantitative estimate of drug-likeness (QED) is 0.839. The summed E-state index contributed by atoms with van der Waals surface area (Å²) >= 11 is 12.0. The highest BCUT2D eigenvalue weighted by Crippen LogP contribution is 2.26. The number of likely N-dealkylation sites (N-methyl/N-ethyl adjacent to an activating group) is 1. The van der Waals surface area contributed by atoms with Crippen LogP contribution in [-0.4, -0.2) is 49.3 Å². The van der Waals surface area contributed by atoms with Crippen molar-refractivity contribution in [2.45, 2.75) is 18.9 Å². The number of aryl methyl sites for hydroxylation is 1. The van der Waals surface area contributed by atoms with Crippen molar-refractivity contribution >= 4 is 29.1 Å². The minimum atomic E-state index is -0.677. The average molecular weight is 320 g/mol. The summed E-state index contributed by atoms with van der Waals surface area (Å²) in [4.78, 5) is 13.4. The molecule has 0 aromatic heterocycles. The summed E-state index contributed by atoms with van der Waals surface area (Å²) in [5, 5.41) is 10.6. The van der Waals surface area contributed by atoms with Gasteiger partial charge in [0.15, 0.2) is 0 Å². The van der Waals surface area contributed by atoms with Crippen molar-refractivity contribution in [1.29, 1.82) is 0 Å². The molecule has 1 unspecified atom stereocenters. The molecule has 0 spiro atoms. The van der Waals surface area contributed by atoms with Crippen molar-refractivity contribution in [1.82, 2.24) is 4.90 Å². The molecular formula is C14H19Cl2NO3. The molecule has 0 bridgehead atoms. The lowest BCUT2D eigenvalue weighted by Gasteiger charge is -2.20. The number of aliphatic hydroxyl groups is 1. The van der Waals surface area contributed by atoms with Gasteiger partial charge in [0.25, 0.3) is 0 Å². The molecule has 0 aliphatic heterocycles. The van der Waals surface area contributed by atoms with E-state index < -0.39 is 6.10 Å². The second kappa shape index (κ2) is 8.47. The highest BCUT2D eigenvalue weighted by atomic mass is 35.5. The normalized spacial score (nSPS) is 12.2. The maximum atomic E-state index is 12.0. The zero-order chi connectivity index (χ0) is 15.1. The summed E-state index contributed by atoms with van der Waals surface area (Å²) in [6.07, 6.45) is 0.155. The number of methoxy groups -OCH3 is 1. The molecule has 0 fully saturated rings. The second-order valence-electron chi connectivity index (χ2n) is 4.60. The summed E-state index contributed by atoms with van der Waals surface area (Å²) in [7, 11) is 3.16. The molecule has 4 nitrogen and oxygen atoms in total. The highest BCUT2D eigenvalue weighted by Gasteiger charge is 2.14. The number of amides is 1. The van der Waals surface area contributed by atoms with Crippen LogP contribution >= 0.6 is 23.2 Å². The van der Waals surface area contributed by atoms with E-state index >= 15 is 0 Å². The van der Waals surface area contributed by atoms with Crippen molar-refractivity contribution < 1.29 is 14.6 Å². The number of rotatable bonds is 7. The summed E-state index contributed by atoms with van der Waals surface area (Å²) in [5.74, 6) is -0.0591. The predicted molar refractivity (Wildman–Crippen MR) is 80.3 cm³/mol. The van der Waals surface area contributed by atoms with Crippen molar-refractivity contribution in [2.24, 2.45) is 0 Å². The van der Waals surface area contributed by atoms with Gasteiger partial charge in [0.1, 0.15) is 0 Å². The third kappa shape index (κ3) is 5.29. The van der Waals surface area contributed by atoms with Gasteiger partial charge in [-0.1, -0.05) is 35.3 Å². The Morgan fingerprint density at radius 1 is 1.45 bits per heavy atom. The van der Waals surface area contributed by atoms with Gasteiger partial charge in [-0.05, 0) is 18.1 Å². The Hall–Kier alpha value is -0.810. The molecule has 0 saturated heterocycles. The van der Waals surface area contributed by atoms with Crippen molar-refractivity contribution in [3.8, 4) is 0 Å². The molecule has 0 heterocycles. The molecule has 0 saturated carbocycles. The van der Waals surface area contributed by atoms with E-state index in [1.807, 2.05) is 6.07 Å². The van der Waals surface area contributed by atoms with Crippen LogP contribution in [0.5, 0.6) is 0 Å². The molecule has 112 valence electrons. The fourth-order valence-electron chi connectivity index (χ4n) is 1.84. The SMILES string of the molecule is COCC(O)CN(C)C(=O)CCc1cccc(Cl)c1Cl. The van der Waals surface area contributed by atoms with Gasteiger partial charge in [-0.3, -0.25) is 4.79 Å². The molecule has 1 aromatic carbocycles. The number of nitrogens with zero attached hydrogens (tertiary/aromatic N) is 1. The van der Waals surface area contributed by atoms with Gasteiger partial charge >= 0.3 is 0 Å². The zero-order valence-corrected chi connectivity index (χ0v) is 13.1. The van der Waals surface area contributed by atoms with Gasteiger partial charge in [-0.15, -0.1) is 0 Å². The first-order valence-electron chi connectivity index (χ1n) is 6.29. The Morgan fingerprint density at radius 3 is 2.80 bits per heavy atom. The van der Waals surface area contributed by atoms with E-state index in [0.717, 1.165) is 5.56 Å². The first-order chi connectivity index (χ1) is 9.45. The van der Waals surface area contributed by atoms with Gasteiger partial charge in [-0.25, -0.2) is 0 Å². The topological polar surface area (TPSA) is 49.8 Å². The monoisotopic (exact) mass is 319 g/mol. The van der Waals surface area contributed by atoms with Gasteiger partial charge in [-0.2, -0.15) is 0 Å². The van der Waals surface area contributed by atoms with E-state index in [9.17, 15) is 9.90 Å². The molecular weight excluding hydrogens is 301 g/mol. The van der Waals surface area contributed by atoms with Gasteiger partial charge in [0, 0.05) is 27.1 Å². The molecule has 0 aliphatic carbocycles. The summed E-state index contributed by atoms with van der Waals surface area (Å²) in [6.45, 7) is 0.452. The Morgan fingerprint density at radius 2 is 2.15 bits per heavy atom. The van der Waals surface area contributed by atoms with Crippen LogP contribution in [0, 0.1) is 0 Å². The predicted octanol–water partition coefficient (Wildman–Crippen LogP) is 2.39. The third-order valence-electron chi connectivity index (χ3n) is 2.91. The molecule has 0 aliphatic rings. The van der Waals surface area contributed by atoms with E-state index in [-0.39, 0.29) is 19.1 Å². The fraction of sp³-hybridized carbons (Fsp3) is 0.500. The maximum Gasteiger partial charge on any atom is 0.222 e. The molecule has 1 N–H and O–H groups in total. The van der Waals surface area contributed by atoms with Crippen molar-refractivity contribution in [3.05, 3.63) is 33.8 Å². The standard InChI is InChI=1S/C14H19Cl2NO3/c1-17(8-11(18)9-20-2)13(19)7-6-10-4-3-5-12(15)14(10)16/h3-5,11,18H,6-9H2,1-2H3. The van der Waals surface area contributed by atoms with E-state index in [1.54, 1.807) is 19.2 Å². The minimum Gasteiger partial charge on any atom is -0.389 e. The molecule has 0 radical (unpaired) electrons. The maximum absolute atomic E-state index is 12.0. The van der Waals surface area contributed by atoms with E-state index in [1.165, 1.54) is 12.0 Å². The zero-order valence-electron chi connectivity index (χ0n) is 11.6. The van der Waals surface area contributed by atoms with Crippen LogP contribution in [-0.2, 0) is 16.0 Å². The van der Waals surface area contributed by atoms with E-state index in [4.69, 9.17) is 27.9 Å². The first kappa shape index (κ1) is 17.2. The van der Waals surface area contributed by atoms with Crippen LogP contribution in [0.15, 0.2) is 18.2 Å². The summed E-state index contributed by atoms with van der Waals surface area (Å²) < 4.78 is 4.82. The van der Waals surface area contributed by atoms with Gasteiger partial charge < -0.3 is 14.7 Å². The molecule has 1 amide bonds. The number of benzene rings is 1. The minimum absolute atomic E-state index is 0.0591. The van der Waals surface area contributed by atoms with E-state index in [0.29, 0.717) is 22.9 Å². The molecule has 1 aromatic rings. The lowest BCUT2D eigenvalue weighted by atomic mass is 10.1. The number of carbonyl (C=O) groups is 1. The lowest BCUT2D eigenvalue weighted by molar-refractivity contribution is -0.131. The molecule has 20 heavy (non-hydrogen) atoms. The molecule has 6 heteroatoms. The lowest BCUT2D eigenvalue weighted by Crippen LogP contribution is -2.36.